The molecule has 4 aliphatic carbocycles. The molecule has 4 aliphatic rings. The summed E-state index contributed by atoms with van der Waals surface area (Å²) in [5.74, 6) is 1.35. The molecule has 0 aliphatic heterocycles. The number of carbonyl (C=O) groups is 2. The van der Waals surface area contributed by atoms with E-state index >= 15 is 0 Å². The molecule has 124 valence electrons. The summed E-state index contributed by atoms with van der Waals surface area (Å²) >= 11 is 0. The second-order valence-electron chi connectivity index (χ2n) is 8.52. The number of hydrogen-bond donors (Lipinski definition) is 1. The largest absolute Gasteiger partial charge is 0.370 e. The molecule has 4 atom stereocenters. The number of rotatable bonds is 2. The Bertz CT molecular complexity index is 632. The fourth-order valence-electron chi connectivity index (χ4n) is 6.27. The number of amides is 1. The lowest BCUT2D eigenvalue weighted by Gasteiger charge is -2.53. The maximum Gasteiger partial charge on any atom is 0.218 e. The van der Waals surface area contributed by atoms with Crippen LogP contribution in [0.15, 0.2) is 23.3 Å². The first-order chi connectivity index (χ1) is 10.9. The fraction of sp³-hybridized carbons (Fsp3) is 0.700. The van der Waals surface area contributed by atoms with Crippen LogP contribution in [-0.2, 0) is 9.59 Å². The highest BCUT2D eigenvalue weighted by Crippen LogP contribution is 2.63. The van der Waals surface area contributed by atoms with E-state index in [1.807, 2.05) is 6.08 Å². The maximum atomic E-state index is 11.9. The van der Waals surface area contributed by atoms with Crippen LogP contribution in [0.2, 0.25) is 0 Å². The molecule has 3 heteroatoms. The molecule has 2 N–H and O–H groups in total. The van der Waals surface area contributed by atoms with E-state index in [2.05, 4.69) is 13.0 Å². The van der Waals surface area contributed by atoms with Gasteiger partial charge in [-0.05, 0) is 61.9 Å². The van der Waals surface area contributed by atoms with Gasteiger partial charge < -0.3 is 5.73 Å². The van der Waals surface area contributed by atoms with Crippen LogP contribution in [0.1, 0.15) is 64.7 Å². The Morgan fingerprint density at radius 1 is 1.30 bits per heavy atom. The van der Waals surface area contributed by atoms with E-state index < -0.39 is 0 Å². The molecule has 0 bridgehead atoms. The van der Waals surface area contributed by atoms with Crippen LogP contribution < -0.4 is 5.73 Å². The Balaban J connectivity index is 1.80. The van der Waals surface area contributed by atoms with Gasteiger partial charge in [-0.25, -0.2) is 0 Å². The van der Waals surface area contributed by atoms with Crippen molar-refractivity contribution in [3.63, 3.8) is 0 Å². The van der Waals surface area contributed by atoms with Gasteiger partial charge in [0.25, 0.3) is 0 Å². The van der Waals surface area contributed by atoms with Crippen molar-refractivity contribution in [2.75, 3.05) is 0 Å². The molecule has 2 fully saturated rings. The highest BCUT2D eigenvalue weighted by molar-refractivity contribution is 5.92. The lowest BCUT2D eigenvalue weighted by molar-refractivity contribution is -0.121. The van der Waals surface area contributed by atoms with E-state index in [1.54, 1.807) is 0 Å². The molecule has 2 saturated carbocycles. The second kappa shape index (κ2) is 5.06. The predicted octanol–water partition coefficient (Wildman–Crippen LogP) is 3.68. The molecular weight excluding hydrogens is 286 g/mol. The quantitative estimate of drug-likeness (QED) is 0.790. The van der Waals surface area contributed by atoms with Gasteiger partial charge in [0.2, 0.25) is 5.91 Å². The molecule has 4 rings (SSSR count). The molecule has 0 saturated heterocycles. The monoisotopic (exact) mass is 313 g/mol. The van der Waals surface area contributed by atoms with Crippen molar-refractivity contribution in [2.45, 2.75) is 64.7 Å². The van der Waals surface area contributed by atoms with Gasteiger partial charge in [0, 0.05) is 18.3 Å². The zero-order chi connectivity index (χ0) is 16.2. The van der Waals surface area contributed by atoms with Gasteiger partial charge in [-0.1, -0.05) is 30.6 Å². The van der Waals surface area contributed by atoms with Crippen LogP contribution in [0.3, 0.4) is 0 Å². The lowest BCUT2D eigenvalue weighted by atomic mass is 9.50. The van der Waals surface area contributed by atoms with Crippen LogP contribution in [0.5, 0.6) is 0 Å². The van der Waals surface area contributed by atoms with Gasteiger partial charge in [-0.3, -0.25) is 9.59 Å². The zero-order valence-corrected chi connectivity index (χ0v) is 14.1. The average molecular weight is 313 g/mol. The number of ketones is 1. The van der Waals surface area contributed by atoms with Crippen molar-refractivity contribution >= 4 is 11.7 Å². The zero-order valence-electron chi connectivity index (χ0n) is 14.1. The number of hydrogen-bond acceptors (Lipinski definition) is 2. The van der Waals surface area contributed by atoms with Gasteiger partial charge in [0.15, 0.2) is 5.78 Å². The topological polar surface area (TPSA) is 60.2 Å². The molecule has 0 spiro atoms. The fourth-order valence-corrected chi connectivity index (χ4v) is 6.27. The van der Waals surface area contributed by atoms with E-state index in [0.717, 1.165) is 31.6 Å². The number of fused-ring (bicyclic) bond motifs is 5. The Hall–Kier alpha value is -1.38. The summed E-state index contributed by atoms with van der Waals surface area (Å²) in [5, 5.41) is 0. The van der Waals surface area contributed by atoms with Crippen molar-refractivity contribution in [3.05, 3.63) is 23.3 Å². The number of primary amides is 1. The molecule has 0 aromatic heterocycles. The lowest BCUT2D eigenvalue weighted by Crippen LogP contribution is -2.45. The molecule has 0 unspecified atom stereocenters. The summed E-state index contributed by atoms with van der Waals surface area (Å²) in [5.41, 5.74) is 8.51. The summed E-state index contributed by atoms with van der Waals surface area (Å²) < 4.78 is 0. The van der Waals surface area contributed by atoms with Gasteiger partial charge in [-0.2, -0.15) is 0 Å². The Kier molecular flexibility index (Phi) is 3.33. The predicted molar refractivity (Wildman–Crippen MR) is 89.4 cm³/mol. The van der Waals surface area contributed by atoms with Gasteiger partial charge in [-0.15, -0.1) is 0 Å². The van der Waals surface area contributed by atoms with Gasteiger partial charge >= 0.3 is 0 Å². The van der Waals surface area contributed by atoms with Crippen LogP contribution in [0, 0.1) is 22.7 Å². The first kappa shape index (κ1) is 15.2. The second-order valence-corrected chi connectivity index (χ2v) is 8.52. The molecule has 0 radical (unpaired) electrons. The van der Waals surface area contributed by atoms with Crippen molar-refractivity contribution in [1.29, 1.82) is 0 Å². The van der Waals surface area contributed by atoms with Crippen molar-refractivity contribution in [2.24, 2.45) is 28.4 Å². The number of carbonyl (C=O) groups excluding carboxylic acids is 2. The first-order valence-corrected chi connectivity index (χ1v) is 9.17. The van der Waals surface area contributed by atoms with Crippen molar-refractivity contribution in [1.82, 2.24) is 0 Å². The van der Waals surface area contributed by atoms with Crippen LogP contribution in [-0.4, -0.2) is 11.7 Å². The van der Waals surface area contributed by atoms with E-state index in [4.69, 9.17) is 5.73 Å². The summed E-state index contributed by atoms with van der Waals surface area (Å²) in [7, 11) is 0. The Labute approximate surface area is 138 Å². The highest BCUT2D eigenvalue weighted by atomic mass is 16.1. The summed E-state index contributed by atoms with van der Waals surface area (Å²) in [6.45, 7) is 2.45. The summed E-state index contributed by atoms with van der Waals surface area (Å²) in [6, 6.07) is 0. The van der Waals surface area contributed by atoms with Crippen molar-refractivity contribution in [3.8, 4) is 0 Å². The molecule has 23 heavy (non-hydrogen) atoms. The van der Waals surface area contributed by atoms with E-state index in [0.29, 0.717) is 24.2 Å². The Morgan fingerprint density at radius 3 is 2.91 bits per heavy atom. The van der Waals surface area contributed by atoms with E-state index in [-0.39, 0.29) is 17.1 Å². The summed E-state index contributed by atoms with van der Waals surface area (Å²) in [4.78, 5) is 23.8. The number of nitrogens with two attached hydrogens (primary N) is 1. The van der Waals surface area contributed by atoms with Crippen LogP contribution in [0.4, 0.5) is 0 Å². The van der Waals surface area contributed by atoms with Crippen molar-refractivity contribution < 1.29 is 9.59 Å². The highest BCUT2D eigenvalue weighted by Gasteiger charge is 2.54. The van der Waals surface area contributed by atoms with E-state index in [1.165, 1.54) is 30.4 Å². The standard InChI is InChI=1S/C20H27NO2/c1-19-8-2-3-16(19)15-5-4-13-11-14(22)6-10-20(13,12-18(21)23)17(15)7-9-19/h7,11,15-16H,2-6,8-10,12H2,1H3,(H2,21,23)/t15-,16-,19-,20+/m0/s1. The van der Waals surface area contributed by atoms with Gasteiger partial charge in [0.1, 0.15) is 0 Å². The SMILES string of the molecule is C[C@]12CC=C3[C@@H](CCC4=CC(=O)CC[C@@]43CC(N)=O)[C@@H]1CCC2. The molecule has 0 aromatic rings. The minimum Gasteiger partial charge on any atom is -0.370 e. The third kappa shape index (κ3) is 2.15. The molecule has 3 nitrogen and oxygen atoms in total. The normalized spacial score (nSPS) is 42.2. The van der Waals surface area contributed by atoms with Crippen LogP contribution >= 0.6 is 0 Å². The molecule has 0 aromatic carbocycles. The summed E-state index contributed by atoms with van der Waals surface area (Å²) in [6.07, 6.45) is 13.2. The minimum atomic E-state index is -0.230. The minimum absolute atomic E-state index is 0.223. The molecular formula is C20H27NO2. The van der Waals surface area contributed by atoms with Crippen LogP contribution in [0.25, 0.3) is 0 Å². The first-order valence-electron chi connectivity index (χ1n) is 9.17. The molecule has 1 amide bonds. The Morgan fingerprint density at radius 2 is 2.13 bits per heavy atom. The average Bonchev–Trinajstić information content (AvgIpc) is 2.89. The third-order valence-corrected chi connectivity index (χ3v) is 7.33. The number of allylic oxidation sites excluding steroid dienone is 4. The smallest absolute Gasteiger partial charge is 0.218 e. The maximum absolute atomic E-state index is 11.9. The van der Waals surface area contributed by atoms with Gasteiger partial charge in [0.05, 0.1) is 0 Å². The third-order valence-electron chi connectivity index (χ3n) is 7.33. The molecule has 0 heterocycles. The van der Waals surface area contributed by atoms with E-state index in [9.17, 15) is 9.59 Å².